The first-order valence-electron chi connectivity index (χ1n) is 7.50. The van der Waals surface area contributed by atoms with Gasteiger partial charge in [0, 0.05) is 6.42 Å². The molecule has 0 spiro atoms. The smallest absolute Gasteiger partial charge is 0.408 e. The topological polar surface area (TPSA) is 130 Å². The molecule has 1 atom stereocenters. The predicted molar refractivity (Wildman–Crippen MR) is 82.9 cm³/mol. The van der Waals surface area contributed by atoms with Crippen LogP contribution in [0, 0.1) is 0 Å². The number of nitrogens with one attached hydrogen (secondary N) is 2. The van der Waals surface area contributed by atoms with Crippen molar-refractivity contribution >= 4 is 12.1 Å². The van der Waals surface area contributed by atoms with E-state index in [0.29, 0.717) is 5.82 Å². The van der Waals surface area contributed by atoms with Gasteiger partial charge in [-0.15, -0.1) is 5.10 Å². The molecule has 0 aliphatic heterocycles. The quantitative estimate of drug-likeness (QED) is 0.663. The number of carboxylic acid groups (broad SMARTS) is 1. The molecule has 2 aromatic rings. The first kappa shape index (κ1) is 17.4. The molecule has 9 nitrogen and oxygen atoms in total. The second-order valence-corrected chi connectivity index (χ2v) is 5.28. The summed E-state index contributed by atoms with van der Waals surface area (Å²) in [6.07, 6.45) is -0.161. The Bertz CT molecular complexity index is 662. The summed E-state index contributed by atoms with van der Waals surface area (Å²) in [6, 6.07) is 9.14. The molecule has 2 rings (SSSR count). The first-order valence-corrected chi connectivity index (χ1v) is 7.50. The summed E-state index contributed by atoms with van der Waals surface area (Å²) < 4.78 is 5.11. The summed E-state index contributed by atoms with van der Waals surface area (Å²) in [6.45, 7) is 1.75. The molecule has 0 unspecified atom stereocenters. The summed E-state index contributed by atoms with van der Waals surface area (Å²) in [5.74, 6) is -0.678. The van der Waals surface area contributed by atoms with Gasteiger partial charge in [0.1, 0.15) is 18.0 Å². The summed E-state index contributed by atoms with van der Waals surface area (Å²) in [7, 11) is 0. The minimum Gasteiger partial charge on any atom is -0.480 e. The van der Waals surface area contributed by atoms with Crippen LogP contribution in [0.2, 0.25) is 0 Å². The van der Waals surface area contributed by atoms with Crippen LogP contribution in [0.25, 0.3) is 0 Å². The SMILES string of the molecule is CC[C@@](CCc1nnn[nH]1)(NC(=O)OCc1ccccc1)C(=O)O. The molecule has 0 bridgehead atoms. The maximum atomic E-state index is 12.0. The zero-order valence-electron chi connectivity index (χ0n) is 13.2. The molecular weight excluding hydrogens is 314 g/mol. The number of rotatable bonds is 8. The summed E-state index contributed by atoms with van der Waals surface area (Å²) in [5.41, 5.74) is -0.626. The number of carbonyl (C=O) groups excluding carboxylic acids is 1. The van der Waals surface area contributed by atoms with Crippen LogP contribution in [-0.2, 0) is 22.6 Å². The van der Waals surface area contributed by atoms with E-state index in [0.717, 1.165) is 5.56 Å². The number of tetrazole rings is 1. The number of carbonyl (C=O) groups is 2. The second kappa shape index (κ2) is 8.04. The van der Waals surface area contributed by atoms with Crippen molar-refractivity contribution in [3.8, 4) is 0 Å². The van der Waals surface area contributed by atoms with Crippen LogP contribution in [0.1, 0.15) is 31.2 Å². The number of aryl methyl sites for hydroxylation is 1. The number of amides is 1. The second-order valence-electron chi connectivity index (χ2n) is 5.28. The third-order valence-electron chi connectivity index (χ3n) is 3.74. The lowest BCUT2D eigenvalue weighted by Gasteiger charge is -2.28. The van der Waals surface area contributed by atoms with Gasteiger partial charge >= 0.3 is 12.1 Å². The van der Waals surface area contributed by atoms with Gasteiger partial charge < -0.3 is 15.2 Å². The highest BCUT2D eigenvalue weighted by Crippen LogP contribution is 2.18. The number of hydrogen-bond donors (Lipinski definition) is 3. The van der Waals surface area contributed by atoms with Gasteiger partial charge in [-0.2, -0.15) is 0 Å². The summed E-state index contributed by atoms with van der Waals surface area (Å²) in [4.78, 5) is 23.7. The van der Waals surface area contributed by atoms with E-state index in [4.69, 9.17) is 4.74 Å². The number of nitrogens with zero attached hydrogens (tertiary/aromatic N) is 3. The third-order valence-corrected chi connectivity index (χ3v) is 3.74. The lowest BCUT2D eigenvalue weighted by molar-refractivity contribution is -0.145. The number of alkyl carbamates (subject to hydrolysis) is 1. The first-order chi connectivity index (χ1) is 11.6. The lowest BCUT2D eigenvalue weighted by Crippen LogP contribution is -2.54. The normalized spacial score (nSPS) is 13.0. The average Bonchev–Trinajstić information content (AvgIpc) is 3.11. The monoisotopic (exact) mass is 333 g/mol. The average molecular weight is 333 g/mol. The Kier molecular flexibility index (Phi) is 5.83. The highest BCUT2D eigenvalue weighted by atomic mass is 16.5. The maximum absolute atomic E-state index is 12.0. The highest BCUT2D eigenvalue weighted by molar-refractivity contribution is 5.84. The summed E-state index contributed by atoms with van der Waals surface area (Å²) >= 11 is 0. The molecule has 128 valence electrons. The van der Waals surface area contributed by atoms with E-state index in [-0.39, 0.29) is 25.9 Å². The molecule has 0 saturated carbocycles. The number of carboxylic acids is 1. The third kappa shape index (κ3) is 4.51. The van der Waals surface area contributed by atoms with Crippen molar-refractivity contribution < 1.29 is 19.4 Å². The lowest BCUT2D eigenvalue weighted by atomic mass is 9.90. The van der Waals surface area contributed by atoms with Crippen LogP contribution in [0.4, 0.5) is 4.79 Å². The van der Waals surface area contributed by atoms with Gasteiger partial charge in [0.15, 0.2) is 0 Å². The molecule has 24 heavy (non-hydrogen) atoms. The number of ether oxygens (including phenoxy) is 1. The van der Waals surface area contributed by atoms with Crippen molar-refractivity contribution in [2.75, 3.05) is 0 Å². The number of hydrogen-bond acceptors (Lipinski definition) is 6. The molecule has 0 aliphatic carbocycles. The van der Waals surface area contributed by atoms with Crippen LogP contribution < -0.4 is 5.32 Å². The number of H-pyrrole nitrogens is 1. The van der Waals surface area contributed by atoms with Crippen LogP contribution in [0.15, 0.2) is 30.3 Å². The predicted octanol–water partition coefficient (Wildman–Crippen LogP) is 1.29. The molecule has 3 N–H and O–H groups in total. The molecule has 0 radical (unpaired) electrons. The molecule has 1 aromatic carbocycles. The van der Waals surface area contributed by atoms with Gasteiger partial charge in [0.25, 0.3) is 0 Å². The van der Waals surface area contributed by atoms with Crippen LogP contribution in [-0.4, -0.2) is 43.3 Å². The minimum absolute atomic E-state index is 0.0676. The van der Waals surface area contributed by atoms with Gasteiger partial charge in [-0.3, -0.25) is 0 Å². The van der Waals surface area contributed by atoms with Crippen molar-refractivity contribution in [2.45, 2.75) is 38.3 Å². The van der Waals surface area contributed by atoms with Crippen molar-refractivity contribution in [3.05, 3.63) is 41.7 Å². The van der Waals surface area contributed by atoms with E-state index in [1.54, 1.807) is 6.92 Å². The van der Waals surface area contributed by atoms with E-state index in [1.807, 2.05) is 30.3 Å². The Morgan fingerprint density at radius 3 is 2.67 bits per heavy atom. The van der Waals surface area contributed by atoms with Gasteiger partial charge in [-0.25, -0.2) is 14.7 Å². The Morgan fingerprint density at radius 2 is 2.08 bits per heavy atom. The van der Waals surface area contributed by atoms with Crippen molar-refractivity contribution in [2.24, 2.45) is 0 Å². The van der Waals surface area contributed by atoms with Gasteiger partial charge in [0.2, 0.25) is 0 Å². The Balaban J connectivity index is 1.96. The molecule has 1 aromatic heterocycles. The maximum Gasteiger partial charge on any atom is 0.408 e. The Morgan fingerprint density at radius 1 is 1.33 bits per heavy atom. The molecule has 0 aliphatic rings. The zero-order valence-corrected chi connectivity index (χ0v) is 13.2. The zero-order chi connectivity index (χ0) is 17.4. The standard InChI is InChI=1S/C15H19N5O4/c1-2-15(13(21)22,9-8-12-17-19-20-18-12)16-14(23)24-10-11-6-4-3-5-7-11/h3-7H,2,8-10H2,1H3,(H,16,23)(H,21,22)(H,17,18,19,20)/t15-/m0/s1. The van der Waals surface area contributed by atoms with Crippen molar-refractivity contribution in [3.63, 3.8) is 0 Å². The van der Waals surface area contributed by atoms with Gasteiger partial charge in [0.05, 0.1) is 0 Å². The van der Waals surface area contributed by atoms with Crippen LogP contribution in [0.5, 0.6) is 0 Å². The molecule has 1 amide bonds. The molecular formula is C15H19N5O4. The van der Waals surface area contributed by atoms with Crippen molar-refractivity contribution in [1.29, 1.82) is 0 Å². The van der Waals surface area contributed by atoms with E-state index < -0.39 is 17.6 Å². The molecule has 0 fully saturated rings. The number of aromatic amines is 1. The Labute approximate surface area is 138 Å². The van der Waals surface area contributed by atoms with Crippen LogP contribution in [0.3, 0.4) is 0 Å². The van der Waals surface area contributed by atoms with Gasteiger partial charge in [-0.05, 0) is 28.8 Å². The fraction of sp³-hybridized carbons (Fsp3) is 0.400. The van der Waals surface area contributed by atoms with E-state index in [2.05, 4.69) is 25.9 Å². The fourth-order valence-electron chi connectivity index (χ4n) is 2.21. The van der Waals surface area contributed by atoms with Crippen LogP contribution >= 0.6 is 0 Å². The molecule has 9 heteroatoms. The Hall–Kier alpha value is -2.97. The fourth-order valence-corrected chi connectivity index (χ4v) is 2.21. The summed E-state index contributed by atoms with van der Waals surface area (Å²) in [5, 5.41) is 25.2. The highest BCUT2D eigenvalue weighted by Gasteiger charge is 2.38. The molecule has 1 heterocycles. The number of aromatic nitrogens is 4. The van der Waals surface area contributed by atoms with E-state index in [1.165, 1.54) is 0 Å². The minimum atomic E-state index is -1.44. The van der Waals surface area contributed by atoms with E-state index >= 15 is 0 Å². The van der Waals surface area contributed by atoms with E-state index in [9.17, 15) is 14.7 Å². The van der Waals surface area contributed by atoms with Crippen molar-refractivity contribution in [1.82, 2.24) is 25.9 Å². The largest absolute Gasteiger partial charge is 0.480 e. The molecule has 0 saturated heterocycles. The van der Waals surface area contributed by atoms with Gasteiger partial charge in [-0.1, -0.05) is 37.3 Å². The number of benzene rings is 1. The number of aliphatic carboxylic acids is 1.